The van der Waals surface area contributed by atoms with Gasteiger partial charge in [-0.1, -0.05) is 100 Å². The summed E-state index contributed by atoms with van der Waals surface area (Å²) >= 11 is 0. The second kappa shape index (κ2) is 8.29. The fourth-order valence-electron chi connectivity index (χ4n) is 7.01. The molecule has 0 saturated carbocycles. The van der Waals surface area contributed by atoms with Crippen molar-refractivity contribution in [3.8, 4) is 56.6 Å². The number of hydrogen-bond acceptors (Lipinski definition) is 2. The average molecular weight is 513 g/mol. The van der Waals surface area contributed by atoms with Crippen molar-refractivity contribution in [2.75, 3.05) is 0 Å². The van der Waals surface area contributed by atoms with Gasteiger partial charge in [-0.05, 0) is 79.9 Å². The van der Waals surface area contributed by atoms with Crippen LogP contribution in [-0.4, -0.2) is 0 Å². The molecule has 0 radical (unpaired) electrons. The number of fused-ring (bicyclic) bond motifs is 6. The van der Waals surface area contributed by atoms with Gasteiger partial charge >= 0.3 is 0 Å². The van der Waals surface area contributed by atoms with Gasteiger partial charge in [-0.3, -0.25) is 0 Å². The maximum absolute atomic E-state index is 10.3. The van der Waals surface area contributed by atoms with Crippen LogP contribution in [0.5, 0.6) is 0 Å². The summed E-state index contributed by atoms with van der Waals surface area (Å²) in [7, 11) is 0. The third-order valence-corrected chi connectivity index (χ3v) is 9.19. The topological polar surface area (TPSA) is 47.6 Å². The van der Waals surface area contributed by atoms with E-state index < -0.39 is 0 Å². The molecule has 190 valence electrons. The van der Waals surface area contributed by atoms with Crippen molar-refractivity contribution in [3.63, 3.8) is 0 Å². The summed E-state index contributed by atoms with van der Waals surface area (Å²) < 4.78 is 0. The van der Waals surface area contributed by atoms with E-state index >= 15 is 0 Å². The first-order chi connectivity index (χ1) is 19.3. The van der Waals surface area contributed by atoms with Crippen LogP contribution in [-0.2, 0) is 10.8 Å². The van der Waals surface area contributed by atoms with Gasteiger partial charge in [0, 0.05) is 22.0 Å². The standard InChI is InChI=1S/C38H28N2/c1-37(2)33-11-7-5-9-27(33)29-15-13-23(19-35(29)37)31-17-26(22-40)32(18-25(31)21-39)24-14-16-30-28-10-6-8-12-34(28)38(3,4)36(30)20-24/h5-20H,1-4H3. The second-order valence-corrected chi connectivity index (χ2v) is 12.0. The highest BCUT2D eigenvalue weighted by Crippen LogP contribution is 2.51. The largest absolute Gasteiger partial charge is 0.192 e. The monoisotopic (exact) mass is 512 g/mol. The molecule has 40 heavy (non-hydrogen) atoms. The highest BCUT2D eigenvalue weighted by molar-refractivity contribution is 5.88. The van der Waals surface area contributed by atoms with Gasteiger partial charge < -0.3 is 0 Å². The number of nitriles is 2. The maximum Gasteiger partial charge on any atom is 0.0998 e. The van der Waals surface area contributed by atoms with Gasteiger partial charge in [-0.15, -0.1) is 0 Å². The molecule has 0 aromatic heterocycles. The van der Waals surface area contributed by atoms with E-state index in [1.165, 1.54) is 44.5 Å². The molecule has 0 spiro atoms. The first-order valence-electron chi connectivity index (χ1n) is 13.7. The Bertz CT molecular complexity index is 1830. The van der Waals surface area contributed by atoms with Crippen LogP contribution < -0.4 is 0 Å². The number of hydrogen-bond donors (Lipinski definition) is 0. The normalized spacial score (nSPS) is 14.8. The molecule has 0 unspecified atom stereocenters. The molecular weight excluding hydrogens is 484 g/mol. The molecule has 5 aromatic rings. The molecule has 7 rings (SSSR count). The zero-order valence-electron chi connectivity index (χ0n) is 23.1. The summed E-state index contributed by atoms with van der Waals surface area (Å²) in [4.78, 5) is 0. The average Bonchev–Trinajstić information content (AvgIpc) is 3.35. The molecule has 2 aliphatic rings. The van der Waals surface area contributed by atoms with Crippen molar-refractivity contribution in [2.45, 2.75) is 38.5 Å². The fraction of sp³-hybridized carbons (Fsp3) is 0.158. The molecule has 0 N–H and O–H groups in total. The predicted octanol–water partition coefficient (Wildman–Crippen LogP) is 9.38. The first kappa shape index (κ1) is 24.1. The molecule has 2 nitrogen and oxygen atoms in total. The SMILES string of the molecule is CC1(C)c2ccccc2-c2ccc(-c3cc(C#N)c(-c4ccc5c(c4)C(C)(C)c4ccccc4-5)cc3C#N)cc21. The fourth-order valence-corrected chi connectivity index (χ4v) is 7.01. The van der Waals surface area contributed by atoms with Gasteiger partial charge in [0.25, 0.3) is 0 Å². The summed E-state index contributed by atoms with van der Waals surface area (Å²) in [6.07, 6.45) is 0. The molecule has 2 aliphatic carbocycles. The molecule has 0 fully saturated rings. The Labute approximate surface area is 235 Å². The van der Waals surface area contributed by atoms with Crippen LogP contribution >= 0.6 is 0 Å². The van der Waals surface area contributed by atoms with Crippen molar-refractivity contribution in [1.82, 2.24) is 0 Å². The maximum atomic E-state index is 10.3. The minimum atomic E-state index is -0.137. The van der Waals surface area contributed by atoms with Crippen molar-refractivity contribution in [3.05, 3.63) is 130 Å². The third-order valence-electron chi connectivity index (χ3n) is 9.19. The second-order valence-electron chi connectivity index (χ2n) is 12.0. The lowest BCUT2D eigenvalue weighted by Crippen LogP contribution is -2.15. The van der Waals surface area contributed by atoms with Crippen LogP contribution in [0.25, 0.3) is 44.5 Å². The Morgan fingerprint density at radius 3 is 1.20 bits per heavy atom. The van der Waals surface area contributed by atoms with Gasteiger partial charge in [-0.25, -0.2) is 0 Å². The van der Waals surface area contributed by atoms with Gasteiger partial charge in [-0.2, -0.15) is 10.5 Å². The van der Waals surface area contributed by atoms with Gasteiger partial charge in [0.05, 0.1) is 23.3 Å². The molecule has 0 aliphatic heterocycles. The predicted molar refractivity (Wildman–Crippen MR) is 162 cm³/mol. The summed E-state index contributed by atoms with van der Waals surface area (Å²) in [5.41, 5.74) is 14.5. The van der Waals surface area contributed by atoms with Crippen LogP contribution in [0.3, 0.4) is 0 Å². The Balaban J connectivity index is 1.36. The van der Waals surface area contributed by atoms with Crippen molar-refractivity contribution >= 4 is 0 Å². The Hall–Kier alpha value is -4.92. The van der Waals surface area contributed by atoms with E-state index in [4.69, 9.17) is 0 Å². The molecule has 0 amide bonds. The Morgan fingerprint density at radius 2 is 0.800 bits per heavy atom. The number of rotatable bonds is 2. The molecule has 0 bridgehead atoms. The quantitative estimate of drug-likeness (QED) is 0.236. The third kappa shape index (κ3) is 3.20. The number of nitrogens with zero attached hydrogens (tertiary/aromatic N) is 2. The highest BCUT2D eigenvalue weighted by Gasteiger charge is 2.36. The highest BCUT2D eigenvalue weighted by atomic mass is 14.4. The van der Waals surface area contributed by atoms with Crippen molar-refractivity contribution in [1.29, 1.82) is 10.5 Å². The Morgan fingerprint density at radius 1 is 0.425 bits per heavy atom. The molecular formula is C38H28N2. The lowest BCUT2D eigenvalue weighted by molar-refractivity contribution is 0.660. The van der Waals surface area contributed by atoms with E-state index in [1.54, 1.807) is 0 Å². The van der Waals surface area contributed by atoms with Gasteiger partial charge in [0.15, 0.2) is 0 Å². The van der Waals surface area contributed by atoms with E-state index in [2.05, 4.69) is 125 Å². The summed E-state index contributed by atoms with van der Waals surface area (Å²) in [5, 5.41) is 20.6. The lowest BCUT2D eigenvalue weighted by atomic mass is 9.80. The van der Waals surface area contributed by atoms with E-state index in [9.17, 15) is 10.5 Å². The van der Waals surface area contributed by atoms with E-state index in [1.807, 2.05) is 12.1 Å². The first-order valence-corrected chi connectivity index (χ1v) is 13.7. The Kier molecular flexibility index (Phi) is 5.00. The molecule has 0 atom stereocenters. The minimum Gasteiger partial charge on any atom is -0.192 e. The molecule has 0 saturated heterocycles. The van der Waals surface area contributed by atoms with Crippen LogP contribution in [0, 0.1) is 22.7 Å². The van der Waals surface area contributed by atoms with Crippen LogP contribution in [0.15, 0.2) is 97.1 Å². The van der Waals surface area contributed by atoms with Gasteiger partial charge in [0.1, 0.15) is 0 Å². The number of benzene rings is 5. The van der Waals surface area contributed by atoms with Crippen LogP contribution in [0.2, 0.25) is 0 Å². The van der Waals surface area contributed by atoms with Crippen LogP contribution in [0.4, 0.5) is 0 Å². The minimum absolute atomic E-state index is 0.137. The summed E-state index contributed by atoms with van der Waals surface area (Å²) in [6.45, 7) is 9.02. The summed E-state index contributed by atoms with van der Waals surface area (Å²) in [6, 6.07) is 38.7. The van der Waals surface area contributed by atoms with Gasteiger partial charge in [0.2, 0.25) is 0 Å². The zero-order chi connectivity index (χ0) is 27.8. The van der Waals surface area contributed by atoms with Crippen LogP contribution in [0.1, 0.15) is 61.1 Å². The molecule has 0 heterocycles. The van der Waals surface area contributed by atoms with E-state index in [0.717, 1.165) is 22.3 Å². The molecule has 5 aromatic carbocycles. The lowest BCUT2D eigenvalue weighted by Gasteiger charge is -2.22. The van der Waals surface area contributed by atoms with E-state index in [-0.39, 0.29) is 10.8 Å². The van der Waals surface area contributed by atoms with Crippen molar-refractivity contribution in [2.24, 2.45) is 0 Å². The summed E-state index contributed by atoms with van der Waals surface area (Å²) in [5.74, 6) is 0. The smallest absolute Gasteiger partial charge is 0.0998 e. The zero-order valence-corrected chi connectivity index (χ0v) is 23.1. The molecule has 2 heteroatoms. The van der Waals surface area contributed by atoms with Crippen molar-refractivity contribution < 1.29 is 0 Å². The van der Waals surface area contributed by atoms with E-state index in [0.29, 0.717) is 11.1 Å².